The summed E-state index contributed by atoms with van der Waals surface area (Å²) in [5, 5.41) is 4.67. The summed E-state index contributed by atoms with van der Waals surface area (Å²) in [5.41, 5.74) is 3.41. The highest BCUT2D eigenvalue weighted by atomic mass is 32.1. The predicted molar refractivity (Wildman–Crippen MR) is 108 cm³/mol. The summed E-state index contributed by atoms with van der Waals surface area (Å²) in [6, 6.07) is 21.1. The van der Waals surface area contributed by atoms with E-state index in [0.717, 1.165) is 21.8 Å². The summed E-state index contributed by atoms with van der Waals surface area (Å²) in [6.45, 7) is 0. The molecule has 0 aliphatic rings. The molecule has 2 aromatic heterocycles. The van der Waals surface area contributed by atoms with Crippen molar-refractivity contribution in [3.63, 3.8) is 0 Å². The Kier molecular flexibility index (Phi) is 3.40. The number of hydrogen-bond donors (Lipinski definition) is 0. The summed E-state index contributed by atoms with van der Waals surface area (Å²) in [6.07, 6.45) is 2.15. The van der Waals surface area contributed by atoms with Crippen LogP contribution < -0.4 is 9.30 Å². The molecule has 2 heterocycles. The molecule has 0 radical (unpaired) electrons. The van der Waals surface area contributed by atoms with E-state index in [1.165, 1.54) is 26.4 Å². The fraction of sp³-hybridized carbons (Fsp3) is 0.0909. The van der Waals surface area contributed by atoms with E-state index in [4.69, 9.17) is 9.72 Å². The van der Waals surface area contributed by atoms with Crippen molar-refractivity contribution < 1.29 is 9.30 Å². The van der Waals surface area contributed by atoms with Gasteiger partial charge in [0.2, 0.25) is 5.52 Å². The maximum absolute atomic E-state index is 5.38. The minimum atomic E-state index is 0.874. The molecule has 0 saturated carbocycles. The lowest BCUT2D eigenvalue weighted by atomic mass is 10.0. The third kappa shape index (κ3) is 2.34. The number of hydrogen-bond acceptors (Lipinski definition) is 3. The lowest BCUT2D eigenvalue weighted by molar-refractivity contribution is -0.643. The van der Waals surface area contributed by atoms with Crippen LogP contribution in [0.3, 0.4) is 0 Å². The molecule has 0 spiro atoms. The molecular weight excluding hydrogens is 340 g/mol. The normalized spacial score (nSPS) is 11.5. The number of thiazole rings is 1. The molecule has 0 bridgehead atoms. The standard InChI is InChI=1S/C22H17N2OS/c1-24-13-15-11-16(25-2)8-9-17(15)18-12-14(7-10-20(18)24)22-23-19-5-3-4-6-21(19)26-22/h3-13H,1-2H3/q+1. The van der Waals surface area contributed by atoms with Gasteiger partial charge in [-0.3, -0.25) is 0 Å². The van der Waals surface area contributed by atoms with Gasteiger partial charge in [-0.25, -0.2) is 9.55 Å². The van der Waals surface area contributed by atoms with Crippen molar-refractivity contribution in [3.05, 3.63) is 66.9 Å². The van der Waals surface area contributed by atoms with Crippen molar-refractivity contribution in [2.45, 2.75) is 0 Å². The zero-order valence-corrected chi connectivity index (χ0v) is 15.4. The Labute approximate surface area is 155 Å². The van der Waals surface area contributed by atoms with E-state index in [1.54, 1.807) is 18.4 Å². The molecule has 0 atom stereocenters. The van der Waals surface area contributed by atoms with Crippen LogP contribution in [0.1, 0.15) is 0 Å². The summed E-state index contributed by atoms with van der Waals surface area (Å²) < 4.78 is 8.77. The smallest absolute Gasteiger partial charge is 0.212 e. The van der Waals surface area contributed by atoms with E-state index in [2.05, 4.69) is 66.3 Å². The summed E-state index contributed by atoms with van der Waals surface area (Å²) in [7, 11) is 3.78. The molecule has 3 aromatic carbocycles. The number of pyridine rings is 1. The number of aryl methyl sites for hydroxylation is 1. The topological polar surface area (TPSA) is 26.0 Å². The molecule has 26 heavy (non-hydrogen) atoms. The van der Waals surface area contributed by atoms with Gasteiger partial charge in [0.1, 0.15) is 17.8 Å². The van der Waals surface area contributed by atoms with Crippen molar-refractivity contribution in [3.8, 4) is 16.3 Å². The number of fused-ring (bicyclic) bond motifs is 4. The molecule has 126 valence electrons. The largest absolute Gasteiger partial charge is 0.497 e. The second kappa shape index (κ2) is 5.78. The fourth-order valence-corrected chi connectivity index (χ4v) is 4.45. The highest BCUT2D eigenvalue weighted by Crippen LogP contribution is 2.33. The zero-order valence-electron chi connectivity index (χ0n) is 14.6. The van der Waals surface area contributed by atoms with Gasteiger partial charge in [0.15, 0.2) is 6.20 Å². The van der Waals surface area contributed by atoms with Gasteiger partial charge in [-0.2, -0.15) is 0 Å². The third-order valence-corrected chi connectivity index (χ3v) is 5.88. The second-order valence-electron chi connectivity index (χ2n) is 6.41. The average molecular weight is 357 g/mol. The van der Waals surface area contributed by atoms with Crippen LogP contribution in [0.4, 0.5) is 0 Å². The molecule has 5 rings (SSSR count). The Hall–Kier alpha value is -2.98. The van der Waals surface area contributed by atoms with Crippen LogP contribution in [0.15, 0.2) is 66.9 Å². The SMILES string of the molecule is COc1ccc2c(c1)c[n+](C)c1ccc(-c3nc4ccccc4s3)cc21. The molecule has 0 unspecified atom stereocenters. The van der Waals surface area contributed by atoms with E-state index in [1.807, 2.05) is 12.1 Å². The fourth-order valence-electron chi connectivity index (χ4n) is 3.49. The molecule has 5 aromatic rings. The van der Waals surface area contributed by atoms with Crippen molar-refractivity contribution in [2.24, 2.45) is 7.05 Å². The predicted octanol–water partition coefficient (Wildman–Crippen LogP) is 5.10. The summed E-state index contributed by atoms with van der Waals surface area (Å²) in [5.74, 6) is 0.874. The molecule has 3 nitrogen and oxygen atoms in total. The van der Waals surface area contributed by atoms with E-state index in [0.29, 0.717) is 0 Å². The molecule has 0 N–H and O–H groups in total. The lowest BCUT2D eigenvalue weighted by Crippen LogP contribution is -2.28. The van der Waals surface area contributed by atoms with E-state index in [9.17, 15) is 0 Å². The first-order chi connectivity index (χ1) is 12.7. The minimum Gasteiger partial charge on any atom is -0.497 e. The van der Waals surface area contributed by atoms with Crippen LogP contribution >= 0.6 is 11.3 Å². The first-order valence-electron chi connectivity index (χ1n) is 8.49. The molecular formula is C22H17N2OS+. The molecule has 0 saturated heterocycles. The van der Waals surface area contributed by atoms with Gasteiger partial charge in [-0.1, -0.05) is 12.1 Å². The van der Waals surface area contributed by atoms with Gasteiger partial charge in [-0.05, 0) is 42.5 Å². The number of aromatic nitrogens is 2. The quantitative estimate of drug-likeness (QED) is 0.324. The van der Waals surface area contributed by atoms with Crippen LogP contribution in [0.5, 0.6) is 5.75 Å². The van der Waals surface area contributed by atoms with Gasteiger partial charge in [0.05, 0.1) is 28.1 Å². The summed E-state index contributed by atoms with van der Waals surface area (Å²) >= 11 is 1.74. The first kappa shape index (κ1) is 15.3. The number of methoxy groups -OCH3 is 1. The van der Waals surface area contributed by atoms with E-state index < -0.39 is 0 Å². The number of benzene rings is 3. The van der Waals surface area contributed by atoms with Crippen molar-refractivity contribution in [1.82, 2.24) is 4.98 Å². The van der Waals surface area contributed by atoms with Gasteiger partial charge >= 0.3 is 0 Å². The average Bonchev–Trinajstić information content (AvgIpc) is 3.11. The number of para-hydroxylation sites is 1. The Bertz CT molecular complexity index is 1260. The Morgan fingerprint density at radius 3 is 2.69 bits per heavy atom. The number of rotatable bonds is 2. The van der Waals surface area contributed by atoms with Crippen molar-refractivity contribution in [2.75, 3.05) is 7.11 Å². The lowest BCUT2D eigenvalue weighted by Gasteiger charge is -2.06. The van der Waals surface area contributed by atoms with Crippen molar-refractivity contribution in [1.29, 1.82) is 0 Å². The molecule has 0 aliphatic heterocycles. The van der Waals surface area contributed by atoms with Gasteiger partial charge < -0.3 is 4.74 Å². The van der Waals surface area contributed by atoms with Crippen LogP contribution in [0, 0.1) is 0 Å². The van der Waals surface area contributed by atoms with Gasteiger partial charge in [0, 0.05) is 17.0 Å². The van der Waals surface area contributed by atoms with E-state index >= 15 is 0 Å². The maximum Gasteiger partial charge on any atom is 0.212 e. The number of ether oxygens (including phenoxy) is 1. The van der Waals surface area contributed by atoms with Gasteiger partial charge in [-0.15, -0.1) is 11.3 Å². The Balaban J connectivity index is 1.78. The molecule has 0 aliphatic carbocycles. The maximum atomic E-state index is 5.38. The highest BCUT2D eigenvalue weighted by molar-refractivity contribution is 7.21. The van der Waals surface area contributed by atoms with Crippen LogP contribution in [0.2, 0.25) is 0 Å². The van der Waals surface area contributed by atoms with Crippen LogP contribution in [-0.2, 0) is 7.05 Å². The van der Waals surface area contributed by atoms with Crippen molar-refractivity contribution >= 4 is 43.2 Å². The Morgan fingerprint density at radius 1 is 0.962 bits per heavy atom. The third-order valence-electron chi connectivity index (χ3n) is 4.80. The molecule has 0 fully saturated rings. The minimum absolute atomic E-state index is 0.874. The van der Waals surface area contributed by atoms with Crippen LogP contribution in [-0.4, -0.2) is 12.1 Å². The van der Waals surface area contributed by atoms with Gasteiger partial charge in [0.25, 0.3) is 0 Å². The molecule has 0 amide bonds. The van der Waals surface area contributed by atoms with E-state index in [-0.39, 0.29) is 0 Å². The molecule has 4 heteroatoms. The first-order valence-corrected chi connectivity index (χ1v) is 9.31. The highest BCUT2D eigenvalue weighted by Gasteiger charge is 2.14. The summed E-state index contributed by atoms with van der Waals surface area (Å²) in [4.78, 5) is 4.81. The zero-order chi connectivity index (χ0) is 17.7. The number of nitrogens with zero attached hydrogens (tertiary/aromatic N) is 2. The van der Waals surface area contributed by atoms with Crippen LogP contribution in [0.25, 0.3) is 42.5 Å². The second-order valence-corrected chi connectivity index (χ2v) is 7.44. The monoisotopic (exact) mass is 357 g/mol. The Morgan fingerprint density at radius 2 is 1.85 bits per heavy atom.